The lowest BCUT2D eigenvalue weighted by Crippen LogP contribution is -2.11. The average molecular weight is 389 g/mol. The molecule has 4 N–H and O–H groups in total. The minimum absolute atomic E-state index is 0.214. The molecule has 1 unspecified atom stereocenters. The number of benzene rings is 1. The Morgan fingerprint density at radius 3 is 2.53 bits per heavy atom. The summed E-state index contributed by atoms with van der Waals surface area (Å²) in [6, 6.07) is 3.33. The molecule has 1 heterocycles. The minimum Gasteiger partial charge on any atom is -0.477 e. The molecule has 0 saturated heterocycles. The van der Waals surface area contributed by atoms with Gasteiger partial charge in [-0.25, -0.2) is 15.0 Å². The Morgan fingerprint density at radius 2 is 1.89 bits per heavy atom. The van der Waals surface area contributed by atoms with Crippen molar-refractivity contribution in [3.63, 3.8) is 0 Å². The van der Waals surface area contributed by atoms with Crippen LogP contribution in [0.4, 0.5) is 11.4 Å². The van der Waals surface area contributed by atoms with Crippen LogP contribution in [0.1, 0.15) is 0 Å². The van der Waals surface area contributed by atoms with E-state index in [0.717, 1.165) is 0 Å². The van der Waals surface area contributed by atoms with E-state index in [1.165, 1.54) is 12.7 Å². The van der Waals surface area contributed by atoms with E-state index in [1.54, 1.807) is 12.1 Å². The van der Waals surface area contributed by atoms with Crippen LogP contribution in [0.5, 0.6) is 5.75 Å². The Labute approximate surface area is 126 Å². The van der Waals surface area contributed by atoms with Crippen molar-refractivity contribution in [1.82, 2.24) is 15.0 Å². The van der Waals surface area contributed by atoms with Crippen LogP contribution in [-0.4, -0.2) is 25.3 Å². The van der Waals surface area contributed by atoms with E-state index in [1.807, 2.05) is 0 Å². The van der Waals surface area contributed by atoms with E-state index in [9.17, 15) is 0 Å². The second-order valence-corrected chi connectivity index (χ2v) is 5.30. The first-order valence-corrected chi connectivity index (χ1v) is 7.33. The highest BCUT2D eigenvalue weighted by Crippen LogP contribution is 2.36. The van der Waals surface area contributed by atoms with E-state index >= 15 is 0 Å². The first-order valence-electron chi connectivity index (χ1n) is 5.30. The van der Waals surface area contributed by atoms with Gasteiger partial charge in [-0.2, -0.15) is 0 Å². The van der Waals surface area contributed by atoms with Gasteiger partial charge in [0.05, 0.1) is 10.9 Å². The van der Waals surface area contributed by atoms with E-state index in [0.29, 0.717) is 33.8 Å². The molecule has 6 nitrogen and oxygen atoms in total. The second-order valence-electron chi connectivity index (χ2n) is 3.63. The highest BCUT2D eigenvalue weighted by atomic mass is 79.9. The molecule has 100 valence electrons. The topological polar surface area (TPSA) is 99.9 Å². The van der Waals surface area contributed by atoms with Crippen molar-refractivity contribution in [2.75, 3.05) is 16.8 Å². The molecule has 2 rings (SSSR count). The lowest BCUT2D eigenvalue weighted by molar-refractivity contribution is 0.321. The zero-order valence-corrected chi connectivity index (χ0v) is 12.9. The summed E-state index contributed by atoms with van der Waals surface area (Å²) < 4.78 is 5.72. The fourth-order valence-electron chi connectivity index (χ4n) is 1.53. The maximum absolute atomic E-state index is 5.98. The average Bonchev–Trinajstić information content (AvgIpc) is 2.39. The summed E-state index contributed by atoms with van der Waals surface area (Å²) >= 11 is 6.68. The molecule has 8 heteroatoms. The number of anilines is 2. The van der Waals surface area contributed by atoms with Crippen LogP contribution >= 0.6 is 31.9 Å². The SMILES string of the molecule is Nc1cc(N)c(-c2ncncn2)c(OC(Br)CBr)c1. The zero-order chi connectivity index (χ0) is 13.8. The number of hydrogen-bond acceptors (Lipinski definition) is 6. The smallest absolute Gasteiger partial charge is 0.168 e. The number of nitrogens with two attached hydrogens (primary N) is 2. The molecule has 0 bridgehead atoms. The third kappa shape index (κ3) is 3.32. The molecule has 0 aliphatic heterocycles. The van der Waals surface area contributed by atoms with Crippen molar-refractivity contribution < 1.29 is 4.74 Å². The fourth-order valence-corrected chi connectivity index (χ4v) is 1.86. The van der Waals surface area contributed by atoms with Gasteiger partial charge in [0.25, 0.3) is 0 Å². The van der Waals surface area contributed by atoms with Crippen LogP contribution in [-0.2, 0) is 0 Å². The van der Waals surface area contributed by atoms with Crippen molar-refractivity contribution in [1.29, 1.82) is 0 Å². The van der Waals surface area contributed by atoms with Gasteiger partial charge in [0.15, 0.2) is 10.8 Å². The van der Waals surface area contributed by atoms with E-state index in [-0.39, 0.29) is 5.01 Å². The molecule has 19 heavy (non-hydrogen) atoms. The number of ether oxygens (including phenoxy) is 1. The number of nitrogen functional groups attached to an aromatic ring is 2. The standard InChI is InChI=1S/C11H11Br2N5O/c12-3-9(13)19-8-2-6(14)1-7(15)10(8)11-17-4-16-5-18-11/h1-2,4-5,9H,3,14-15H2. The Hall–Kier alpha value is -1.41. The van der Waals surface area contributed by atoms with Crippen LogP contribution in [0.3, 0.4) is 0 Å². The van der Waals surface area contributed by atoms with Gasteiger partial charge in [-0.15, -0.1) is 0 Å². The van der Waals surface area contributed by atoms with E-state index in [2.05, 4.69) is 46.8 Å². The Kier molecular flexibility index (Phi) is 4.54. The first kappa shape index (κ1) is 14.0. The van der Waals surface area contributed by atoms with Gasteiger partial charge in [0, 0.05) is 17.4 Å². The molecule has 0 spiro atoms. The number of hydrogen-bond donors (Lipinski definition) is 2. The molecule has 0 saturated carbocycles. The largest absolute Gasteiger partial charge is 0.477 e. The predicted octanol–water partition coefficient (Wildman–Crippen LogP) is 2.20. The summed E-state index contributed by atoms with van der Waals surface area (Å²) in [5, 5.41) is 0.396. The van der Waals surface area contributed by atoms with Gasteiger partial charge in [0.1, 0.15) is 18.4 Å². The van der Waals surface area contributed by atoms with Crippen LogP contribution in [0, 0.1) is 0 Å². The summed E-state index contributed by atoms with van der Waals surface area (Å²) in [6.45, 7) is 0. The minimum atomic E-state index is -0.214. The van der Waals surface area contributed by atoms with Crippen molar-refractivity contribution >= 4 is 43.2 Å². The molecule has 1 atom stereocenters. The van der Waals surface area contributed by atoms with Crippen LogP contribution in [0.25, 0.3) is 11.4 Å². The van der Waals surface area contributed by atoms with Gasteiger partial charge >= 0.3 is 0 Å². The van der Waals surface area contributed by atoms with Crippen molar-refractivity contribution in [2.24, 2.45) is 0 Å². The van der Waals surface area contributed by atoms with E-state index < -0.39 is 0 Å². The highest BCUT2D eigenvalue weighted by molar-refractivity contribution is 9.12. The molecule has 2 aromatic rings. The highest BCUT2D eigenvalue weighted by Gasteiger charge is 2.16. The first-order chi connectivity index (χ1) is 9.11. The predicted molar refractivity (Wildman–Crippen MR) is 81.2 cm³/mol. The van der Waals surface area contributed by atoms with Gasteiger partial charge in [-0.1, -0.05) is 15.9 Å². The number of halogens is 2. The molecule has 0 radical (unpaired) electrons. The molecule has 0 fully saturated rings. The molecule has 1 aromatic heterocycles. The Bertz CT molecular complexity index is 567. The maximum Gasteiger partial charge on any atom is 0.168 e. The quantitative estimate of drug-likeness (QED) is 0.615. The monoisotopic (exact) mass is 387 g/mol. The number of nitrogens with zero attached hydrogens (tertiary/aromatic N) is 3. The molecule has 0 aliphatic carbocycles. The van der Waals surface area contributed by atoms with Crippen molar-refractivity contribution in [3.8, 4) is 17.1 Å². The Morgan fingerprint density at radius 1 is 1.21 bits per heavy atom. The van der Waals surface area contributed by atoms with Gasteiger partial charge in [-0.05, 0) is 22.0 Å². The number of alkyl halides is 2. The van der Waals surface area contributed by atoms with Gasteiger partial charge < -0.3 is 16.2 Å². The van der Waals surface area contributed by atoms with Crippen LogP contribution < -0.4 is 16.2 Å². The maximum atomic E-state index is 5.98. The summed E-state index contributed by atoms with van der Waals surface area (Å²) in [4.78, 5) is 11.9. The van der Waals surface area contributed by atoms with E-state index in [4.69, 9.17) is 16.2 Å². The van der Waals surface area contributed by atoms with Crippen LogP contribution in [0.15, 0.2) is 24.8 Å². The number of aromatic nitrogens is 3. The Balaban J connectivity index is 2.52. The summed E-state index contributed by atoms with van der Waals surface area (Å²) in [5.41, 5.74) is 13.3. The number of rotatable bonds is 4. The van der Waals surface area contributed by atoms with Gasteiger partial charge in [0.2, 0.25) is 0 Å². The molecular formula is C11H11Br2N5O. The summed E-state index contributed by atoms with van der Waals surface area (Å²) in [6.07, 6.45) is 2.80. The molecule has 1 aromatic carbocycles. The lowest BCUT2D eigenvalue weighted by atomic mass is 10.1. The molecule has 0 aliphatic rings. The molecular weight excluding hydrogens is 378 g/mol. The zero-order valence-electron chi connectivity index (χ0n) is 9.75. The molecule has 0 amide bonds. The van der Waals surface area contributed by atoms with Gasteiger partial charge in [-0.3, -0.25) is 0 Å². The third-order valence-electron chi connectivity index (χ3n) is 2.25. The summed E-state index contributed by atoms with van der Waals surface area (Å²) in [5.74, 6) is 0.960. The van der Waals surface area contributed by atoms with Crippen molar-refractivity contribution in [2.45, 2.75) is 5.01 Å². The van der Waals surface area contributed by atoms with Crippen molar-refractivity contribution in [3.05, 3.63) is 24.8 Å². The summed E-state index contributed by atoms with van der Waals surface area (Å²) in [7, 11) is 0. The normalized spacial score (nSPS) is 12.1. The second kappa shape index (κ2) is 6.16. The third-order valence-corrected chi connectivity index (χ3v) is 4.22. The fraction of sp³-hybridized carbons (Fsp3) is 0.182. The lowest BCUT2D eigenvalue weighted by Gasteiger charge is -2.16. The van der Waals surface area contributed by atoms with Crippen LogP contribution in [0.2, 0.25) is 0 Å².